The van der Waals surface area contributed by atoms with E-state index in [9.17, 15) is 14.7 Å². The summed E-state index contributed by atoms with van der Waals surface area (Å²) >= 11 is 0. The summed E-state index contributed by atoms with van der Waals surface area (Å²) in [5, 5.41) is 11.5. The summed E-state index contributed by atoms with van der Waals surface area (Å²) in [7, 11) is 2.12. The van der Waals surface area contributed by atoms with E-state index in [2.05, 4.69) is 7.05 Å². The standard InChI is InChI=1S/C29H32NO4/c1-30(21-27(31)24-11-5-2-6-12-24)19-17-23(18-20-30)22-34-28(32)29(33,25-13-7-3-8-14-25)26-15-9-4-10-16-26/h2-16,23,33H,17-22H2,1H3/q+1. The number of quaternary nitrogens is 1. The zero-order chi connectivity index (χ0) is 24.0. The number of Topliss-reactive ketones (excluding diaryl/α,β-unsaturated/α-hetero) is 1. The molecular weight excluding hydrogens is 426 g/mol. The van der Waals surface area contributed by atoms with Gasteiger partial charge in [0.15, 0.2) is 0 Å². The number of aliphatic hydroxyl groups is 1. The van der Waals surface area contributed by atoms with Gasteiger partial charge >= 0.3 is 5.97 Å². The third-order valence-electron chi connectivity index (χ3n) is 6.90. The summed E-state index contributed by atoms with van der Waals surface area (Å²) in [6, 6.07) is 27.3. The molecule has 1 aliphatic heterocycles. The Hall–Kier alpha value is -3.28. The number of esters is 1. The molecule has 176 valence electrons. The molecule has 0 radical (unpaired) electrons. The second-order valence-corrected chi connectivity index (χ2v) is 9.50. The molecule has 1 fully saturated rings. The molecule has 1 saturated heterocycles. The molecule has 4 rings (SSSR count). The molecule has 1 heterocycles. The number of nitrogens with zero attached hydrogens (tertiary/aromatic N) is 1. The maximum absolute atomic E-state index is 13.2. The number of likely N-dealkylation sites (tertiary alicyclic amines) is 1. The van der Waals surface area contributed by atoms with E-state index in [1.54, 1.807) is 48.5 Å². The summed E-state index contributed by atoms with van der Waals surface area (Å²) < 4.78 is 6.40. The quantitative estimate of drug-likeness (QED) is 0.312. The lowest BCUT2D eigenvalue weighted by Gasteiger charge is -2.40. The van der Waals surface area contributed by atoms with Crippen molar-refractivity contribution in [2.45, 2.75) is 18.4 Å². The number of carbonyl (C=O) groups is 2. The Balaban J connectivity index is 1.37. The summed E-state index contributed by atoms with van der Waals surface area (Å²) in [6.07, 6.45) is 1.72. The SMILES string of the molecule is C[N+]1(CC(=O)c2ccccc2)CCC(COC(=O)C(O)(c2ccccc2)c2ccccc2)CC1. The monoisotopic (exact) mass is 458 g/mol. The maximum atomic E-state index is 13.2. The highest BCUT2D eigenvalue weighted by Crippen LogP contribution is 2.32. The Morgan fingerprint density at radius 3 is 1.82 bits per heavy atom. The fraction of sp³-hybridized carbons (Fsp3) is 0.310. The van der Waals surface area contributed by atoms with E-state index < -0.39 is 11.6 Å². The number of hydrogen-bond donors (Lipinski definition) is 1. The van der Waals surface area contributed by atoms with Crippen molar-refractivity contribution in [1.29, 1.82) is 0 Å². The van der Waals surface area contributed by atoms with Crippen molar-refractivity contribution in [3.8, 4) is 0 Å². The first-order valence-corrected chi connectivity index (χ1v) is 11.8. The van der Waals surface area contributed by atoms with Gasteiger partial charge in [0.25, 0.3) is 0 Å². The normalized spacial score (nSPS) is 20.5. The number of ether oxygens (including phenoxy) is 1. The Bertz CT molecular complexity index is 1050. The fourth-order valence-corrected chi connectivity index (χ4v) is 4.69. The summed E-state index contributed by atoms with van der Waals surface area (Å²) in [5.41, 5.74) is -0.139. The topological polar surface area (TPSA) is 63.6 Å². The van der Waals surface area contributed by atoms with Crippen molar-refractivity contribution in [1.82, 2.24) is 0 Å². The van der Waals surface area contributed by atoms with Crippen LogP contribution in [-0.4, -0.2) is 54.6 Å². The van der Waals surface area contributed by atoms with E-state index in [0.717, 1.165) is 31.5 Å². The Morgan fingerprint density at radius 1 is 0.853 bits per heavy atom. The highest BCUT2D eigenvalue weighted by molar-refractivity contribution is 5.96. The molecule has 0 unspecified atom stereocenters. The van der Waals surface area contributed by atoms with Crippen LogP contribution in [0, 0.1) is 5.92 Å². The lowest BCUT2D eigenvalue weighted by Crippen LogP contribution is -2.53. The number of rotatable bonds is 8. The van der Waals surface area contributed by atoms with Crippen molar-refractivity contribution in [3.63, 3.8) is 0 Å². The second kappa shape index (κ2) is 10.3. The van der Waals surface area contributed by atoms with Crippen molar-refractivity contribution < 1.29 is 23.9 Å². The van der Waals surface area contributed by atoms with Gasteiger partial charge in [0.05, 0.1) is 26.7 Å². The van der Waals surface area contributed by atoms with Gasteiger partial charge in [-0.15, -0.1) is 0 Å². The molecule has 0 spiro atoms. The Morgan fingerprint density at radius 2 is 1.32 bits per heavy atom. The maximum Gasteiger partial charge on any atom is 0.347 e. The van der Waals surface area contributed by atoms with Crippen LogP contribution < -0.4 is 0 Å². The van der Waals surface area contributed by atoms with Crippen molar-refractivity contribution in [3.05, 3.63) is 108 Å². The van der Waals surface area contributed by atoms with Gasteiger partial charge < -0.3 is 14.3 Å². The minimum absolute atomic E-state index is 0.156. The van der Waals surface area contributed by atoms with Crippen LogP contribution in [0.5, 0.6) is 0 Å². The number of likely N-dealkylation sites (N-methyl/N-ethyl adjacent to an activating group) is 1. The van der Waals surface area contributed by atoms with Crippen molar-refractivity contribution in [2.75, 3.05) is 33.3 Å². The fourth-order valence-electron chi connectivity index (χ4n) is 4.69. The number of hydrogen-bond acceptors (Lipinski definition) is 4. The first-order chi connectivity index (χ1) is 16.4. The van der Waals surface area contributed by atoms with Crippen LogP contribution >= 0.6 is 0 Å². The zero-order valence-corrected chi connectivity index (χ0v) is 19.6. The van der Waals surface area contributed by atoms with Gasteiger partial charge in [0.2, 0.25) is 11.4 Å². The summed E-state index contributed by atoms with van der Waals surface area (Å²) in [4.78, 5) is 25.9. The zero-order valence-electron chi connectivity index (χ0n) is 19.6. The second-order valence-electron chi connectivity index (χ2n) is 9.50. The molecule has 0 bridgehead atoms. The molecule has 3 aromatic carbocycles. The molecular formula is C29H32NO4+. The average Bonchev–Trinajstić information content (AvgIpc) is 2.89. The highest BCUT2D eigenvalue weighted by Gasteiger charge is 2.42. The van der Waals surface area contributed by atoms with Gasteiger partial charge in [-0.05, 0) is 11.1 Å². The molecule has 34 heavy (non-hydrogen) atoms. The lowest BCUT2D eigenvalue weighted by molar-refractivity contribution is -0.907. The molecule has 5 heteroatoms. The molecule has 0 aromatic heterocycles. The van der Waals surface area contributed by atoms with E-state index in [1.807, 2.05) is 42.5 Å². The number of carbonyl (C=O) groups excluding carboxylic acids is 2. The molecule has 5 nitrogen and oxygen atoms in total. The highest BCUT2D eigenvalue weighted by atomic mass is 16.5. The molecule has 1 N–H and O–H groups in total. The minimum Gasteiger partial charge on any atom is -0.463 e. The predicted octanol–water partition coefficient (Wildman–Crippen LogP) is 4.21. The van der Waals surface area contributed by atoms with Gasteiger partial charge in [0, 0.05) is 24.3 Å². The Labute approximate surface area is 201 Å². The van der Waals surface area contributed by atoms with Crippen LogP contribution in [-0.2, 0) is 15.1 Å². The number of piperidine rings is 1. The van der Waals surface area contributed by atoms with Crippen LogP contribution in [0.15, 0.2) is 91.0 Å². The van der Waals surface area contributed by atoms with Gasteiger partial charge in [-0.2, -0.15) is 0 Å². The third kappa shape index (κ3) is 5.27. The van der Waals surface area contributed by atoms with Gasteiger partial charge in [-0.25, -0.2) is 4.79 Å². The van der Waals surface area contributed by atoms with Gasteiger partial charge in [-0.1, -0.05) is 91.0 Å². The van der Waals surface area contributed by atoms with Crippen LogP contribution in [0.4, 0.5) is 0 Å². The summed E-state index contributed by atoms with van der Waals surface area (Å²) in [5.74, 6) is -0.298. The van der Waals surface area contributed by atoms with Crippen LogP contribution in [0.2, 0.25) is 0 Å². The minimum atomic E-state index is -1.86. The van der Waals surface area contributed by atoms with Crippen molar-refractivity contribution in [2.24, 2.45) is 5.92 Å². The molecule has 0 atom stereocenters. The molecule has 1 aliphatic rings. The van der Waals surface area contributed by atoms with Crippen LogP contribution in [0.3, 0.4) is 0 Å². The molecule has 0 amide bonds. The predicted molar refractivity (Wildman–Crippen MR) is 131 cm³/mol. The third-order valence-corrected chi connectivity index (χ3v) is 6.90. The van der Waals surface area contributed by atoms with E-state index in [-0.39, 0.29) is 18.3 Å². The van der Waals surface area contributed by atoms with Crippen LogP contribution in [0.1, 0.15) is 34.3 Å². The van der Waals surface area contributed by atoms with Crippen molar-refractivity contribution >= 4 is 11.8 Å². The lowest BCUT2D eigenvalue weighted by atomic mass is 9.86. The Kier molecular flexibility index (Phi) is 7.25. The van der Waals surface area contributed by atoms with E-state index >= 15 is 0 Å². The number of ketones is 1. The first kappa shape index (κ1) is 23.9. The van der Waals surface area contributed by atoms with Gasteiger partial charge in [0.1, 0.15) is 6.54 Å². The van der Waals surface area contributed by atoms with E-state index in [1.165, 1.54) is 0 Å². The largest absolute Gasteiger partial charge is 0.463 e. The molecule has 0 aliphatic carbocycles. The van der Waals surface area contributed by atoms with Crippen LogP contribution in [0.25, 0.3) is 0 Å². The molecule has 3 aromatic rings. The molecule has 0 saturated carbocycles. The average molecular weight is 459 g/mol. The van der Waals surface area contributed by atoms with E-state index in [4.69, 9.17) is 4.74 Å². The first-order valence-electron chi connectivity index (χ1n) is 11.8. The smallest absolute Gasteiger partial charge is 0.347 e. The van der Waals surface area contributed by atoms with E-state index in [0.29, 0.717) is 22.2 Å². The van der Waals surface area contributed by atoms with Gasteiger partial charge in [-0.3, -0.25) is 4.79 Å². The number of benzene rings is 3. The summed E-state index contributed by atoms with van der Waals surface area (Å²) in [6.45, 7) is 2.43.